The van der Waals surface area contributed by atoms with Crippen LogP contribution in [0.2, 0.25) is 5.02 Å². The van der Waals surface area contributed by atoms with Crippen LogP contribution in [0.3, 0.4) is 0 Å². The molecule has 1 aromatic heterocycles. The molecule has 0 radical (unpaired) electrons. The van der Waals surface area contributed by atoms with Gasteiger partial charge in [0.05, 0.1) is 17.4 Å². The van der Waals surface area contributed by atoms with E-state index in [-0.39, 0.29) is 0 Å². The number of rotatable bonds is 6. The average Bonchev–Trinajstić information content (AvgIpc) is 2.73. The van der Waals surface area contributed by atoms with Crippen LogP contribution in [0.5, 0.6) is 5.75 Å². The Morgan fingerprint density at radius 1 is 0.964 bits per heavy atom. The number of benzene rings is 3. The molecule has 0 unspecified atom stereocenters. The van der Waals surface area contributed by atoms with Crippen molar-refractivity contribution in [2.24, 2.45) is 5.10 Å². The molecule has 0 aliphatic carbocycles. The van der Waals surface area contributed by atoms with Gasteiger partial charge in [-0.3, -0.25) is 10.4 Å². The number of halogens is 1. The van der Waals surface area contributed by atoms with Crippen LogP contribution in [0.15, 0.2) is 90.2 Å². The van der Waals surface area contributed by atoms with Crippen molar-refractivity contribution in [1.82, 2.24) is 4.98 Å². The number of hydrogen-bond donors (Lipinski definition) is 1. The van der Waals surface area contributed by atoms with Gasteiger partial charge in [0.25, 0.3) is 0 Å². The number of fused-ring (bicyclic) bond motifs is 1. The van der Waals surface area contributed by atoms with Crippen LogP contribution in [0.4, 0.5) is 5.69 Å². The SMILES string of the molecule is Clc1ccc2c(N/N=C/c3cccc(OCc4ccccc4)c3)ccnc2c1. The topological polar surface area (TPSA) is 46.5 Å². The van der Waals surface area contributed by atoms with Gasteiger partial charge in [0, 0.05) is 16.6 Å². The molecule has 5 heteroatoms. The number of anilines is 1. The van der Waals surface area contributed by atoms with E-state index >= 15 is 0 Å². The summed E-state index contributed by atoms with van der Waals surface area (Å²) in [5, 5.41) is 5.97. The van der Waals surface area contributed by atoms with Crippen molar-refractivity contribution < 1.29 is 4.74 Å². The van der Waals surface area contributed by atoms with E-state index in [9.17, 15) is 0 Å². The van der Waals surface area contributed by atoms with Crippen molar-refractivity contribution in [2.45, 2.75) is 6.61 Å². The average molecular weight is 388 g/mol. The van der Waals surface area contributed by atoms with Crippen LogP contribution in [-0.4, -0.2) is 11.2 Å². The first-order chi connectivity index (χ1) is 13.8. The number of aromatic nitrogens is 1. The molecule has 0 saturated heterocycles. The highest BCUT2D eigenvalue weighted by Gasteiger charge is 2.02. The number of nitrogens with zero attached hydrogens (tertiary/aromatic N) is 2. The fraction of sp³-hybridized carbons (Fsp3) is 0.0435. The molecule has 4 aromatic rings. The Kier molecular flexibility index (Phi) is 5.50. The van der Waals surface area contributed by atoms with Gasteiger partial charge in [-0.05, 0) is 47.5 Å². The van der Waals surface area contributed by atoms with Crippen LogP contribution < -0.4 is 10.2 Å². The molecule has 4 rings (SSSR count). The maximum Gasteiger partial charge on any atom is 0.120 e. The molecule has 0 spiro atoms. The lowest BCUT2D eigenvalue weighted by molar-refractivity contribution is 0.306. The van der Waals surface area contributed by atoms with Gasteiger partial charge in [0.1, 0.15) is 12.4 Å². The standard InChI is InChI=1S/C23H18ClN3O/c24-19-9-10-21-22(11-12-25-23(21)14-19)27-26-15-18-7-4-8-20(13-18)28-16-17-5-2-1-3-6-17/h1-15H,16H2,(H,25,27)/b26-15+. The minimum Gasteiger partial charge on any atom is -0.489 e. The van der Waals surface area contributed by atoms with Crippen LogP contribution in [0, 0.1) is 0 Å². The summed E-state index contributed by atoms with van der Waals surface area (Å²) in [6.07, 6.45) is 3.49. The molecular weight excluding hydrogens is 370 g/mol. The van der Waals surface area contributed by atoms with E-state index in [4.69, 9.17) is 16.3 Å². The number of pyridine rings is 1. The fourth-order valence-electron chi connectivity index (χ4n) is 2.82. The van der Waals surface area contributed by atoms with E-state index in [2.05, 4.69) is 15.5 Å². The van der Waals surface area contributed by atoms with Crippen LogP contribution in [-0.2, 0) is 6.61 Å². The summed E-state index contributed by atoms with van der Waals surface area (Å²) >= 11 is 6.03. The third kappa shape index (κ3) is 4.48. The van der Waals surface area contributed by atoms with Gasteiger partial charge >= 0.3 is 0 Å². The van der Waals surface area contributed by atoms with Gasteiger partial charge in [-0.2, -0.15) is 5.10 Å². The minimum absolute atomic E-state index is 0.533. The molecule has 1 N–H and O–H groups in total. The highest BCUT2D eigenvalue weighted by atomic mass is 35.5. The van der Waals surface area contributed by atoms with E-state index < -0.39 is 0 Å². The molecule has 0 aliphatic heterocycles. The van der Waals surface area contributed by atoms with E-state index in [0.29, 0.717) is 11.6 Å². The molecule has 1 heterocycles. The third-order valence-corrected chi connectivity index (χ3v) is 4.44. The smallest absolute Gasteiger partial charge is 0.120 e. The van der Waals surface area contributed by atoms with Gasteiger partial charge in [0.15, 0.2) is 0 Å². The van der Waals surface area contributed by atoms with Crippen molar-refractivity contribution in [3.63, 3.8) is 0 Å². The Balaban J connectivity index is 1.44. The Morgan fingerprint density at radius 2 is 1.86 bits per heavy atom. The highest BCUT2D eigenvalue weighted by molar-refractivity contribution is 6.31. The summed E-state index contributed by atoms with van der Waals surface area (Å²) in [6.45, 7) is 0.533. The minimum atomic E-state index is 0.533. The van der Waals surface area contributed by atoms with Gasteiger partial charge < -0.3 is 4.74 Å². The Labute approximate surface area is 168 Å². The predicted molar refractivity (Wildman–Crippen MR) is 115 cm³/mol. The van der Waals surface area contributed by atoms with Crippen LogP contribution in [0.1, 0.15) is 11.1 Å². The monoisotopic (exact) mass is 387 g/mol. The maximum atomic E-state index is 6.03. The zero-order valence-electron chi connectivity index (χ0n) is 15.0. The summed E-state index contributed by atoms with van der Waals surface area (Å²) in [5.74, 6) is 0.803. The zero-order valence-corrected chi connectivity index (χ0v) is 15.8. The summed E-state index contributed by atoms with van der Waals surface area (Å²) in [7, 11) is 0. The molecule has 0 atom stereocenters. The summed E-state index contributed by atoms with van der Waals surface area (Å²) in [5.41, 5.74) is 6.85. The molecule has 0 aliphatic rings. The second kappa shape index (κ2) is 8.55. The van der Waals surface area contributed by atoms with Crippen molar-refractivity contribution in [3.05, 3.63) is 101 Å². The number of hydrazone groups is 1. The van der Waals surface area contributed by atoms with E-state index in [1.165, 1.54) is 0 Å². The Hall–Kier alpha value is -3.37. The van der Waals surface area contributed by atoms with Crippen molar-refractivity contribution in [2.75, 3.05) is 5.43 Å². The number of ether oxygens (including phenoxy) is 1. The fourth-order valence-corrected chi connectivity index (χ4v) is 2.99. The van der Waals surface area contributed by atoms with Gasteiger partial charge in [-0.1, -0.05) is 54.1 Å². The molecule has 0 fully saturated rings. The van der Waals surface area contributed by atoms with Gasteiger partial charge in [-0.25, -0.2) is 0 Å². The molecule has 28 heavy (non-hydrogen) atoms. The predicted octanol–water partition coefficient (Wildman–Crippen LogP) is 5.91. The largest absolute Gasteiger partial charge is 0.489 e. The summed E-state index contributed by atoms with van der Waals surface area (Å²) in [6, 6.07) is 25.4. The van der Waals surface area contributed by atoms with Crippen LogP contribution in [0.25, 0.3) is 10.9 Å². The lowest BCUT2D eigenvalue weighted by atomic mass is 10.2. The number of hydrogen-bond acceptors (Lipinski definition) is 4. The Bertz CT molecular complexity index is 1110. The zero-order chi connectivity index (χ0) is 19.2. The summed E-state index contributed by atoms with van der Waals surface area (Å²) < 4.78 is 5.86. The molecular formula is C23H18ClN3O. The molecule has 3 aromatic carbocycles. The summed E-state index contributed by atoms with van der Waals surface area (Å²) in [4.78, 5) is 4.33. The van der Waals surface area contributed by atoms with Crippen molar-refractivity contribution in [1.29, 1.82) is 0 Å². The third-order valence-electron chi connectivity index (χ3n) is 4.21. The van der Waals surface area contributed by atoms with E-state index in [0.717, 1.165) is 33.5 Å². The first-order valence-electron chi connectivity index (χ1n) is 8.88. The lowest BCUT2D eigenvalue weighted by Crippen LogP contribution is -1.96. The van der Waals surface area contributed by atoms with E-state index in [1.54, 1.807) is 12.4 Å². The second-order valence-electron chi connectivity index (χ2n) is 6.24. The quantitative estimate of drug-likeness (QED) is 0.330. The van der Waals surface area contributed by atoms with Crippen LogP contribution >= 0.6 is 11.6 Å². The molecule has 0 amide bonds. The first kappa shape index (κ1) is 18.0. The maximum absolute atomic E-state index is 6.03. The molecule has 0 bridgehead atoms. The Morgan fingerprint density at radius 3 is 2.75 bits per heavy atom. The second-order valence-corrected chi connectivity index (χ2v) is 6.67. The van der Waals surface area contributed by atoms with E-state index in [1.807, 2.05) is 78.9 Å². The molecule has 138 valence electrons. The normalized spacial score (nSPS) is 11.0. The van der Waals surface area contributed by atoms with Crippen molar-refractivity contribution in [3.8, 4) is 5.75 Å². The first-order valence-corrected chi connectivity index (χ1v) is 9.26. The number of nitrogens with one attached hydrogen (secondary N) is 1. The lowest BCUT2D eigenvalue weighted by Gasteiger charge is -2.07. The highest BCUT2D eigenvalue weighted by Crippen LogP contribution is 2.24. The van der Waals surface area contributed by atoms with Gasteiger partial charge in [0.2, 0.25) is 0 Å². The van der Waals surface area contributed by atoms with Gasteiger partial charge in [-0.15, -0.1) is 0 Å². The van der Waals surface area contributed by atoms with Crippen molar-refractivity contribution >= 4 is 34.4 Å². The molecule has 4 nitrogen and oxygen atoms in total. The molecule has 0 saturated carbocycles.